The molecular weight excluding hydrogens is 183 g/mol. The number of hydrogen-bond donors (Lipinski definition) is 0. The SMILES string of the molecule is CC1CC1c1nnc(C(=O)[O-])s1.[Li+]. The summed E-state index contributed by atoms with van der Waals surface area (Å²) in [6.45, 7) is 2.12. The minimum absolute atomic E-state index is 0. The first-order valence-corrected chi connectivity index (χ1v) is 4.55. The minimum Gasteiger partial charge on any atom is -0.542 e. The summed E-state index contributed by atoms with van der Waals surface area (Å²) >= 11 is 1.13. The molecule has 6 heteroatoms. The van der Waals surface area contributed by atoms with Gasteiger partial charge in [0.2, 0.25) is 0 Å². The van der Waals surface area contributed by atoms with Crippen LogP contribution in [0.4, 0.5) is 0 Å². The molecule has 1 fully saturated rings. The summed E-state index contributed by atoms with van der Waals surface area (Å²) in [6.07, 6.45) is 1.10. The third-order valence-corrected chi connectivity index (χ3v) is 3.08. The van der Waals surface area contributed by atoms with E-state index in [-0.39, 0.29) is 23.9 Å². The van der Waals surface area contributed by atoms with E-state index in [0.29, 0.717) is 11.8 Å². The Kier molecular flexibility index (Phi) is 3.12. The van der Waals surface area contributed by atoms with Gasteiger partial charge in [-0.3, -0.25) is 0 Å². The van der Waals surface area contributed by atoms with E-state index in [0.717, 1.165) is 22.8 Å². The number of nitrogens with zero attached hydrogens (tertiary/aromatic N) is 2. The Balaban J connectivity index is 0.000000845. The van der Waals surface area contributed by atoms with Gasteiger partial charge in [0.1, 0.15) is 11.0 Å². The van der Waals surface area contributed by atoms with Crippen LogP contribution in [0.15, 0.2) is 0 Å². The molecule has 1 aliphatic rings. The van der Waals surface area contributed by atoms with Crippen molar-refractivity contribution in [1.82, 2.24) is 10.2 Å². The molecule has 1 heterocycles. The molecule has 0 aromatic carbocycles. The van der Waals surface area contributed by atoms with Gasteiger partial charge in [0, 0.05) is 5.92 Å². The molecule has 2 unspecified atom stereocenters. The average Bonchev–Trinajstić information content (AvgIpc) is 2.59. The summed E-state index contributed by atoms with van der Waals surface area (Å²) < 4.78 is 0. The molecule has 1 aromatic rings. The van der Waals surface area contributed by atoms with Gasteiger partial charge in [0.15, 0.2) is 5.01 Å². The summed E-state index contributed by atoms with van der Waals surface area (Å²) in [5.41, 5.74) is 0. The second-order valence-corrected chi connectivity index (χ2v) is 4.06. The molecule has 0 amide bonds. The minimum atomic E-state index is -1.23. The van der Waals surface area contributed by atoms with Crippen molar-refractivity contribution in [1.29, 1.82) is 0 Å². The Hall–Kier alpha value is -0.373. The standard InChI is InChI=1S/C7H8N2O2S.Li/c1-3-2-4(3)5-8-9-6(12-5)7(10)11;/h3-4H,2H2,1H3,(H,10,11);/q;+1/p-1. The second-order valence-electron chi connectivity index (χ2n) is 3.05. The van der Waals surface area contributed by atoms with E-state index in [4.69, 9.17) is 0 Å². The maximum Gasteiger partial charge on any atom is 1.00 e. The zero-order valence-electron chi connectivity index (χ0n) is 7.48. The molecule has 4 nitrogen and oxygen atoms in total. The van der Waals surface area contributed by atoms with Gasteiger partial charge >= 0.3 is 18.9 Å². The predicted octanol–water partition coefficient (Wildman–Crippen LogP) is -2.97. The summed E-state index contributed by atoms with van der Waals surface area (Å²) in [4.78, 5) is 10.3. The van der Waals surface area contributed by atoms with E-state index >= 15 is 0 Å². The third-order valence-electron chi connectivity index (χ3n) is 2.04. The Morgan fingerprint density at radius 1 is 1.62 bits per heavy atom. The fraction of sp³-hybridized carbons (Fsp3) is 0.571. The van der Waals surface area contributed by atoms with Gasteiger partial charge in [-0.2, -0.15) is 0 Å². The van der Waals surface area contributed by atoms with Crippen molar-refractivity contribution in [3.8, 4) is 0 Å². The van der Waals surface area contributed by atoms with E-state index in [1.807, 2.05) is 0 Å². The molecule has 0 N–H and O–H groups in total. The van der Waals surface area contributed by atoms with Crippen LogP contribution in [0.25, 0.3) is 0 Å². The van der Waals surface area contributed by atoms with Crippen LogP contribution < -0.4 is 24.0 Å². The summed E-state index contributed by atoms with van der Waals surface area (Å²) in [5.74, 6) is -0.157. The Bertz CT molecular complexity index is 328. The monoisotopic (exact) mass is 190 g/mol. The molecule has 0 radical (unpaired) electrons. The second kappa shape index (κ2) is 3.78. The molecule has 0 bridgehead atoms. The van der Waals surface area contributed by atoms with Gasteiger partial charge in [0.25, 0.3) is 0 Å². The maximum atomic E-state index is 10.3. The Morgan fingerprint density at radius 2 is 2.23 bits per heavy atom. The van der Waals surface area contributed by atoms with Gasteiger partial charge in [-0.05, 0) is 12.3 Å². The van der Waals surface area contributed by atoms with Crippen LogP contribution >= 0.6 is 11.3 Å². The van der Waals surface area contributed by atoms with Crippen LogP contribution in [0, 0.1) is 5.92 Å². The van der Waals surface area contributed by atoms with Crippen molar-refractivity contribution in [2.45, 2.75) is 19.3 Å². The third kappa shape index (κ3) is 2.10. The summed E-state index contributed by atoms with van der Waals surface area (Å²) in [6, 6.07) is 0. The number of aromatic nitrogens is 2. The van der Waals surface area contributed by atoms with Gasteiger partial charge in [-0.15, -0.1) is 10.2 Å². The van der Waals surface area contributed by atoms with Crippen LogP contribution in [0.5, 0.6) is 0 Å². The van der Waals surface area contributed by atoms with E-state index in [1.54, 1.807) is 0 Å². The van der Waals surface area contributed by atoms with Crippen LogP contribution in [0.3, 0.4) is 0 Å². The van der Waals surface area contributed by atoms with Gasteiger partial charge < -0.3 is 9.90 Å². The van der Waals surface area contributed by atoms with Crippen molar-refractivity contribution < 1.29 is 28.8 Å². The fourth-order valence-corrected chi connectivity index (χ4v) is 2.06. The van der Waals surface area contributed by atoms with Crippen molar-refractivity contribution >= 4 is 17.3 Å². The Labute approximate surface area is 91.6 Å². The molecule has 1 aromatic heterocycles. The van der Waals surface area contributed by atoms with Crippen molar-refractivity contribution in [2.24, 2.45) is 5.92 Å². The zero-order chi connectivity index (χ0) is 8.72. The number of carbonyl (C=O) groups excluding carboxylic acids is 1. The van der Waals surface area contributed by atoms with E-state index in [1.165, 1.54) is 0 Å². The number of carbonyl (C=O) groups is 1. The molecule has 1 saturated carbocycles. The number of rotatable bonds is 2. The fourth-order valence-electron chi connectivity index (χ4n) is 1.13. The summed E-state index contributed by atoms with van der Waals surface area (Å²) in [5, 5.41) is 18.5. The van der Waals surface area contributed by atoms with E-state index < -0.39 is 5.97 Å². The maximum absolute atomic E-state index is 10.3. The molecule has 13 heavy (non-hydrogen) atoms. The first kappa shape index (κ1) is 10.7. The molecule has 0 saturated heterocycles. The van der Waals surface area contributed by atoms with E-state index in [2.05, 4.69) is 17.1 Å². The predicted molar refractivity (Wildman–Crippen MR) is 40.8 cm³/mol. The van der Waals surface area contributed by atoms with E-state index in [9.17, 15) is 9.90 Å². The average molecular weight is 190 g/mol. The van der Waals surface area contributed by atoms with Gasteiger partial charge in [-0.1, -0.05) is 18.3 Å². The van der Waals surface area contributed by atoms with Gasteiger partial charge in [-0.25, -0.2) is 0 Å². The van der Waals surface area contributed by atoms with Crippen LogP contribution in [-0.2, 0) is 0 Å². The van der Waals surface area contributed by atoms with Crippen LogP contribution in [0.1, 0.15) is 34.1 Å². The van der Waals surface area contributed by atoms with Crippen molar-refractivity contribution in [2.75, 3.05) is 0 Å². The first-order chi connectivity index (χ1) is 5.68. The number of carboxylic acids is 1. The smallest absolute Gasteiger partial charge is 0.542 e. The molecule has 64 valence electrons. The van der Waals surface area contributed by atoms with Crippen LogP contribution in [-0.4, -0.2) is 16.2 Å². The zero-order valence-corrected chi connectivity index (χ0v) is 8.30. The normalized spacial score (nSPS) is 25.0. The van der Waals surface area contributed by atoms with Gasteiger partial charge in [0.05, 0.1) is 0 Å². The van der Waals surface area contributed by atoms with Crippen molar-refractivity contribution in [3.05, 3.63) is 10.0 Å². The van der Waals surface area contributed by atoms with Crippen molar-refractivity contribution in [3.63, 3.8) is 0 Å². The molecule has 2 rings (SSSR count). The molecular formula is C7H7LiN2O2S. The topological polar surface area (TPSA) is 65.9 Å². The first-order valence-electron chi connectivity index (χ1n) is 3.73. The molecule has 0 aliphatic heterocycles. The number of aromatic carboxylic acids is 1. The number of carboxylic acid groups (broad SMARTS) is 1. The molecule has 0 spiro atoms. The molecule has 1 aliphatic carbocycles. The summed E-state index contributed by atoms with van der Waals surface area (Å²) in [7, 11) is 0. The molecule has 2 atom stereocenters. The van der Waals surface area contributed by atoms with Crippen LogP contribution in [0.2, 0.25) is 0 Å². The number of hydrogen-bond acceptors (Lipinski definition) is 5. The Morgan fingerprint density at radius 3 is 2.62 bits per heavy atom. The quantitative estimate of drug-likeness (QED) is 0.467. The largest absolute Gasteiger partial charge is 1.00 e.